The number of aliphatic hydroxyl groups is 1. The lowest BCUT2D eigenvalue weighted by atomic mass is 9.76. The van der Waals surface area contributed by atoms with Gasteiger partial charge in [-0.3, -0.25) is 9.59 Å². The fourth-order valence-corrected chi connectivity index (χ4v) is 6.51. The number of dihydropyridines is 1. The van der Waals surface area contributed by atoms with Gasteiger partial charge in [-0.15, -0.1) is 0 Å². The molecule has 0 aromatic heterocycles. The van der Waals surface area contributed by atoms with E-state index in [-0.39, 0.29) is 17.6 Å². The standard InChI is InChI=1S/C33H50N2O7/c1-20(2)13-23-7-6-8-27(38)15-26(14-23)31(42-22(4)37)18-28(41-21(3)36)10-9-24-16-32(40-5)30(39)19-29(24)25-11-12-35-33(34)17-25/h11,16-17,19-20,23,26-28,31,35,38-39H,6-10,12-15,18,34H2,1-5H3/t23-,26+,27-,28-,31-/m1/s1. The number of phenols is 1. The number of methoxy groups -OCH3 is 1. The molecule has 5 atom stereocenters. The molecule has 1 aliphatic heterocycles. The summed E-state index contributed by atoms with van der Waals surface area (Å²) in [6.45, 7) is 7.79. The number of ether oxygens (including phenoxy) is 3. The highest BCUT2D eigenvalue weighted by Gasteiger charge is 2.34. The molecule has 1 aromatic rings. The average Bonchev–Trinajstić information content (AvgIpc) is 2.89. The summed E-state index contributed by atoms with van der Waals surface area (Å²) in [4.78, 5) is 24.5. The van der Waals surface area contributed by atoms with Crippen LogP contribution in [-0.4, -0.2) is 54.1 Å². The molecule has 5 N–H and O–H groups in total. The molecule has 1 saturated carbocycles. The Bertz CT molecular complexity index is 1130. The van der Waals surface area contributed by atoms with E-state index < -0.39 is 24.3 Å². The van der Waals surface area contributed by atoms with Crippen LogP contribution in [0.2, 0.25) is 0 Å². The van der Waals surface area contributed by atoms with Gasteiger partial charge in [0.2, 0.25) is 0 Å². The van der Waals surface area contributed by atoms with Crippen LogP contribution in [0.15, 0.2) is 30.1 Å². The number of allylic oxidation sites excluding steroid dienone is 2. The van der Waals surface area contributed by atoms with Crippen molar-refractivity contribution < 1.29 is 34.0 Å². The van der Waals surface area contributed by atoms with E-state index in [0.717, 1.165) is 48.8 Å². The van der Waals surface area contributed by atoms with E-state index in [1.807, 2.05) is 12.2 Å². The number of aryl methyl sites for hydroxylation is 1. The molecular formula is C33H50N2O7. The number of nitrogens with one attached hydrogen (secondary N) is 1. The summed E-state index contributed by atoms with van der Waals surface area (Å²) in [5.41, 5.74) is 8.62. The summed E-state index contributed by atoms with van der Waals surface area (Å²) >= 11 is 0. The summed E-state index contributed by atoms with van der Waals surface area (Å²) in [5, 5.41) is 24.3. The predicted octanol–water partition coefficient (Wildman–Crippen LogP) is 4.98. The Morgan fingerprint density at radius 2 is 1.86 bits per heavy atom. The van der Waals surface area contributed by atoms with Crippen LogP contribution in [0.25, 0.3) is 5.57 Å². The average molecular weight is 587 g/mol. The molecule has 0 bridgehead atoms. The Hall–Kier alpha value is -3.20. The molecule has 2 aliphatic rings. The number of carbonyl (C=O) groups excluding carboxylic acids is 2. The van der Waals surface area contributed by atoms with Crippen molar-refractivity contribution in [1.29, 1.82) is 0 Å². The van der Waals surface area contributed by atoms with Gasteiger partial charge in [0.15, 0.2) is 11.5 Å². The van der Waals surface area contributed by atoms with Gasteiger partial charge in [-0.1, -0.05) is 32.8 Å². The molecule has 0 unspecified atom stereocenters. The van der Waals surface area contributed by atoms with Gasteiger partial charge in [-0.05, 0) is 91.2 Å². The first-order valence-corrected chi connectivity index (χ1v) is 15.3. The van der Waals surface area contributed by atoms with Crippen molar-refractivity contribution in [2.24, 2.45) is 23.5 Å². The van der Waals surface area contributed by atoms with Crippen molar-refractivity contribution in [3.63, 3.8) is 0 Å². The van der Waals surface area contributed by atoms with Gasteiger partial charge in [-0.2, -0.15) is 0 Å². The van der Waals surface area contributed by atoms with Crippen LogP contribution in [0, 0.1) is 17.8 Å². The third kappa shape index (κ3) is 10.3. The summed E-state index contributed by atoms with van der Waals surface area (Å²) in [6, 6.07) is 3.47. The third-order valence-electron chi connectivity index (χ3n) is 8.23. The van der Waals surface area contributed by atoms with Gasteiger partial charge in [0, 0.05) is 26.8 Å². The molecule has 234 valence electrons. The van der Waals surface area contributed by atoms with Gasteiger partial charge < -0.3 is 35.5 Å². The predicted molar refractivity (Wildman–Crippen MR) is 162 cm³/mol. The van der Waals surface area contributed by atoms with Crippen LogP contribution >= 0.6 is 0 Å². The highest BCUT2D eigenvalue weighted by molar-refractivity contribution is 5.79. The maximum Gasteiger partial charge on any atom is 0.302 e. The lowest BCUT2D eigenvalue weighted by molar-refractivity contribution is -0.157. The quantitative estimate of drug-likeness (QED) is 0.250. The largest absolute Gasteiger partial charge is 0.504 e. The number of hydrogen-bond acceptors (Lipinski definition) is 9. The highest BCUT2D eigenvalue weighted by atomic mass is 16.6. The van der Waals surface area contributed by atoms with Crippen LogP contribution < -0.4 is 15.8 Å². The molecule has 42 heavy (non-hydrogen) atoms. The zero-order chi connectivity index (χ0) is 30.8. The van der Waals surface area contributed by atoms with Crippen LogP contribution in [0.1, 0.15) is 90.2 Å². The van der Waals surface area contributed by atoms with Gasteiger partial charge >= 0.3 is 11.9 Å². The van der Waals surface area contributed by atoms with Crippen molar-refractivity contribution in [3.05, 3.63) is 41.2 Å². The minimum atomic E-state index is -0.520. The molecule has 0 radical (unpaired) electrons. The summed E-state index contributed by atoms with van der Waals surface area (Å²) < 4.78 is 17.1. The van der Waals surface area contributed by atoms with Crippen molar-refractivity contribution in [1.82, 2.24) is 5.32 Å². The lowest BCUT2D eigenvalue weighted by Crippen LogP contribution is -2.36. The van der Waals surface area contributed by atoms with Crippen LogP contribution in [0.5, 0.6) is 11.5 Å². The Morgan fingerprint density at radius 1 is 1.12 bits per heavy atom. The Labute approximate surface area is 250 Å². The minimum absolute atomic E-state index is 0.0212. The number of phenolic OH excluding ortho intramolecular Hbond substituents is 1. The first kappa shape index (κ1) is 33.3. The van der Waals surface area contributed by atoms with Crippen LogP contribution in [0.3, 0.4) is 0 Å². The number of aromatic hydroxyl groups is 1. The van der Waals surface area contributed by atoms with Gasteiger partial charge in [0.25, 0.3) is 0 Å². The van der Waals surface area contributed by atoms with E-state index in [9.17, 15) is 19.8 Å². The van der Waals surface area contributed by atoms with Gasteiger partial charge in [0.05, 0.1) is 19.0 Å². The molecule has 3 rings (SSSR count). The number of hydrogen-bond donors (Lipinski definition) is 4. The number of esters is 2. The topological polar surface area (TPSA) is 140 Å². The van der Waals surface area contributed by atoms with E-state index in [1.54, 1.807) is 12.1 Å². The Kier molecular flexibility index (Phi) is 12.6. The maximum absolute atomic E-state index is 12.3. The van der Waals surface area contributed by atoms with E-state index >= 15 is 0 Å². The molecule has 1 aromatic carbocycles. The second-order valence-corrected chi connectivity index (χ2v) is 12.3. The van der Waals surface area contributed by atoms with Crippen LogP contribution in [0.4, 0.5) is 0 Å². The number of carbonyl (C=O) groups is 2. The third-order valence-corrected chi connectivity index (χ3v) is 8.23. The fraction of sp³-hybridized carbons (Fsp3) is 0.636. The SMILES string of the molecule is COc1cc(CC[C@H](C[C@@H](OC(C)=O)[C@@H]2C[C@H](O)CCC[C@H](CC(C)C)C2)OC(C)=O)c(C2=CCNC(N)=C2)cc1O. The summed E-state index contributed by atoms with van der Waals surface area (Å²) in [5.74, 6) is 1.12. The number of rotatable bonds is 12. The molecule has 0 spiro atoms. The molecule has 9 nitrogen and oxygen atoms in total. The number of aliphatic hydroxyl groups excluding tert-OH is 1. The van der Waals surface area contributed by atoms with E-state index in [2.05, 4.69) is 19.2 Å². The lowest BCUT2D eigenvalue weighted by Gasteiger charge is -2.35. The molecule has 1 aliphatic carbocycles. The monoisotopic (exact) mass is 586 g/mol. The van der Waals surface area contributed by atoms with Crippen molar-refractivity contribution in [2.45, 2.75) is 104 Å². The molecule has 0 saturated heterocycles. The number of nitrogens with two attached hydrogens (primary N) is 1. The van der Waals surface area contributed by atoms with E-state index in [4.69, 9.17) is 19.9 Å². The molecule has 1 heterocycles. The van der Waals surface area contributed by atoms with Gasteiger partial charge in [-0.25, -0.2) is 0 Å². The molecule has 0 amide bonds. The number of benzene rings is 1. The zero-order valence-corrected chi connectivity index (χ0v) is 25.9. The second-order valence-electron chi connectivity index (χ2n) is 12.3. The Balaban J connectivity index is 1.87. The molecule has 9 heteroatoms. The minimum Gasteiger partial charge on any atom is -0.504 e. The second kappa shape index (κ2) is 15.9. The van der Waals surface area contributed by atoms with Crippen molar-refractivity contribution >= 4 is 17.5 Å². The smallest absolute Gasteiger partial charge is 0.302 e. The summed E-state index contributed by atoms with van der Waals surface area (Å²) in [7, 11) is 1.50. The first-order chi connectivity index (χ1) is 19.9. The van der Waals surface area contributed by atoms with E-state index in [1.165, 1.54) is 21.0 Å². The van der Waals surface area contributed by atoms with Crippen molar-refractivity contribution in [3.8, 4) is 11.5 Å². The molecular weight excluding hydrogens is 536 g/mol. The van der Waals surface area contributed by atoms with Gasteiger partial charge in [0.1, 0.15) is 12.2 Å². The van der Waals surface area contributed by atoms with Crippen molar-refractivity contribution in [2.75, 3.05) is 13.7 Å². The summed E-state index contributed by atoms with van der Waals surface area (Å²) in [6.07, 6.45) is 8.94. The van der Waals surface area contributed by atoms with Crippen LogP contribution in [-0.2, 0) is 25.5 Å². The Morgan fingerprint density at radius 3 is 2.50 bits per heavy atom. The normalized spacial score (nSPS) is 22.5. The first-order valence-electron chi connectivity index (χ1n) is 15.3. The maximum atomic E-state index is 12.3. The van der Waals surface area contributed by atoms with E-state index in [0.29, 0.717) is 55.6 Å². The highest BCUT2D eigenvalue weighted by Crippen LogP contribution is 2.37. The zero-order valence-electron chi connectivity index (χ0n) is 25.9. The molecule has 1 fully saturated rings. The fourth-order valence-electron chi connectivity index (χ4n) is 6.51.